The van der Waals surface area contributed by atoms with Gasteiger partial charge < -0.3 is 5.11 Å². The summed E-state index contributed by atoms with van der Waals surface area (Å²) >= 11 is 0. The van der Waals surface area contributed by atoms with Gasteiger partial charge in [-0.1, -0.05) is 117 Å². The fraction of sp³-hybridized carbons (Fsp3) is 0.419. The Balaban J connectivity index is 1.14. The number of fused-ring (bicyclic) bond motifs is 2. The van der Waals surface area contributed by atoms with Gasteiger partial charge >= 0.3 is 0 Å². The monoisotopic (exact) mass is 424 g/mol. The molecule has 0 aromatic heterocycles. The summed E-state index contributed by atoms with van der Waals surface area (Å²) in [6.45, 7) is 4.22. The minimum atomic E-state index is -0.446. The molecule has 1 heteroatoms. The Hall–Kier alpha value is -2.38. The highest BCUT2D eigenvalue weighted by molar-refractivity contribution is 5.53. The molecule has 0 aliphatic heterocycles. The molecule has 0 aromatic rings. The van der Waals surface area contributed by atoms with E-state index >= 15 is 0 Å². The molecule has 1 fully saturated rings. The first-order chi connectivity index (χ1) is 15.7. The van der Waals surface area contributed by atoms with E-state index in [0.717, 1.165) is 29.9 Å². The van der Waals surface area contributed by atoms with E-state index in [1.165, 1.54) is 67.2 Å². The number of hydrogen-bond donors (Lipinski definition) is 1. The van der Waals surface area contributed by atoms with Gasteiger partial charge in [-0.15, -0.1) is 0 Å². The van der Waals surface area contributed by atoms with E-state index in [4.69, 9.17) is 0 Å². The van der Waals surface area contributed by atoms with Crippen molar-refractivity contribution in [1.82, 2.24) is 0 Å². The summed E-state index contributed by atoms with van der Waals surface area (Å²) in [6, 6.07) is 0. The van der Waals surface area contributed by atoms with Crippen molar-refractivity contribution >= 4 is 0 Å². The van der Waals surface area contributed by atoms with Crippen molar-refractivity contribution in [2.24, 2.45) is 17.8 Å². The van der Waals surface area contributed by atoms with Gasteiger partial charge in [0.25, 0.3) is 0 Å². The van der Waals surface area contributed by atoms with Gasteiger partial charge in [0, 0.05) is 11.8 Å². The first kappa shape index (κ1) is 21.5. The highest BCUT2D eigenvalue weighted by atomic mass is 16.3. The largest absolute Gasteiger partial charge is 0.388 e. The number of hydrogen-bond acceptors (Lipinski definition) is 1. The predicted octanol–water partition coefficient (Wildman–Crippen LogP) is 7.63. The van der Waals surface area contributed by atoms with Crippen LogP contribution in [-0.2, 0) is 0 Å². The van der Waals surface area contributed by atoms with Crippen molar-refractivity contribution in [3.8, 4) is 0 Å². The fourth-order valence-electron chi connectivity index (χ4n) is 5.93. The van der Waals surface area contributed by atoms with E-state index in [1.54, 1.807) is 0 Å². The van der Waals surface area contributed by atoms with E-state index in [-0.39, 0.29) is 5.92 Å². The Morgan fingerprint density at radius 3 is 2.62 bits per heavy atom. The van der Waals surface area contributed by atoms with Gasteiger partial charge in [-0.2, -0.15) is 0 Å². The highest BCUT2D eigenvalue weighted by Gasteiger charge is 2.23. The predicted molar refractivity (Wildman–Crippen MR) is 135 cm³/mol. The maximum Gasteiger partial charge on any atom is 0.0793 e. The summed E-state index contributed by atoms with van der Waals surface area (Å²) in [6.07, 6.45) is 35.5. The number of allylic oxidation sites excluding steroid dienone is 15. The smallest absolute Gasteiger partial charge is 0.0793 e. The van der Waals surface area contributed by atoms with Crippen LogP contribution < -0.4 is 0 Å². The van der Waals surface area contributed by atoms with Crippen molar-refractivity contribution in [2.45, 2.75) is 63.9 Å². The molecular weight excluding hydrogens is 388 g/mol. The summed E-state index contributed by atoms with van der Waals surface area (Å²) in [5.41, 5.74) is 7.57. The van der Waals surface area contributed by atoms with Gasteiger partial charge in [-0.25, -0.2) is 0 Å². The van der Waals surface area contributed by atoms with E-state index in [0.29, 0.717) is 5.92 Å². The maximum atomic E-state index is 10.9. The zero-order chi connectivity index (χ0) is 21.9. The van der Waals surface area contributed by atoms with Gasteiger partial charge in [0.15, 0.2) is 0 Å². The summed E-state index contributed by atoms with van der Waals surface area (Å²) < 4.78 is 0. The van der Waals surface area contributed by atoms with Gasteiger partial charge in [-0.3, -0.25) is 0 Å². The standard InChI is InChI=1S/C31H36O/c1-22-17-29(21-27-11-4-5-12-30(22)27)31(32)16-14-25-19-26-15-13-24(18-28(26)20-25)10-6-9-23-7-2-3-8-23/h4-5,11-13,15,17-21,23,28,30-32H,1-3,6-10,14,16H2. The van der Waals surface area contributed by atoms with Gasteiger partial charge in [0.2, 0.25) is 0 Å². The normalized spacial score (nSPS) is 27.4. The molecule has 5 aliphatic rings. The zero-order valence-corrected chi connectivity index (χ0v) is 19.2. The molecule has 5 aliphatic carbocycles. The summed E-state index contributed by atoms with van der Waals surface area (Å²) in [4.78, 5) is 0. The molecule has 3 atom stereocenters. The lowest BCUT2D eigenvalue weighted by Gasteiger charge is -2.25. The van der Waals surface area contributed by atoms with Gasteiger partial charge in [-0.05, 0) is 53.9 Å². The third-order valence-electron chi connectivity index (χ3n) is 7.81. The van der Waals surface area contributed by atoms with Crippen LogP contribution in [-0.4, -0.2) is 11.2 Å². The van der Waals surface area contributed by atoms with Crippen LogP contribution in [0, 0.1) is 17.8 Å². The molecule has 5 rings (SSSR count). The molecule has 0 saturated heterocycles. The number of aliphatic hydroxyl groups is 1. The molecular formula is C31H36O. The molecule has 1 nitrogen and oxygen atoms in total. The van der Waals surface area contributed by atoms with E-state index in [1.807, 2.05) is 0 Å². The van der Waals surface area contributed by atoms with Crippen LogP contribution in [0.2, 0.25) is 0 Å². The Labute approximate surface area is 193 Å². The van der Waals surface area contributed by atoms with Crippen molar-refractivity contribution in [2.75, 3.05) is 0 Å². The molecule has 0 heterocycles. The Kier molecular flexibility index (Phi) is 6.46. The van der Waals surface area contributed by atoms with Crippen LogP contribution in [0.3, 0.4) is 0 Å². The fourth-order valence-corrected chi connectivity index (χ4v) is 5.93. The Morgan fingerprint density at radius 2 is 1.75 bits per heavy atom. The number of rotatable bonds is 8. The van der Waals surface area contributed by atoms with Gasteiger partial charge in [0.1, 0.15) is 0 Å². The first-order valence-electron chi connectivity index (χ1n) is 12.6. The van der Waals surface area contributed by atoms with E-state index in [2.05, 4.69) is 73.4 Å². The lowest BCUT2D eigenvalue weighted by Crippen LogP contribution is -2.16. The van der Waals surface area contributed by atoms with Crippen LogP contribution in [0.4, 0.5) is 0 Å². The molecule has 0 amide bonds. The van der Waals surface area contributed by atoms with Gasteiger partial charge in [0.05, 0.1) is 6.10 Å². The van der Waals surface area contributed by atoms with Crippen LogP contribution >= 0.6 is 0 Å². The van der Waals surface area contributed by atoms with Crippen LogP contribution in [0.1, 0.15) is 57.8 Å². The SMILES string of the molecule is C=C1C=C(C(O)CCC2=CC3C=C(CCCC4CCCC4)C=CC3=C2)C=C2C=CC=CC12. The van der Waals surface area contributed by atoms with E-state index in [9.17, 15) is 5.11 Å². The average Bonchev–Trinajstić information content (AvgIpc) is 3.47. The van der Waals surface area contributed by atoms with Crippen molar-refractivity contribution in [1.29, 1.82) is 0 Å². The van der Waals surface area contributed by atoms with Crippen LogP contribution in [0.25, 0.3) is 0 Å². The lowest BCUT2D eigenvalue weighted by atomic mass is 9.81. The molecule has 0 spiro atoms. The minimum Gasteiger partial charge on any atom is -0.388 e. The molecule has 3 unspecified atom stereocenters. The third kappa shape index (κ3) is 4.84. The minimum absolute atomic E-state index is 0.271. The summed E-state index contributed by atoms with van der Waals surface area (Å²) in [5, 5.41) is 10.9. The first-order valence-corrected chi connectivity index (χ1v) is 12.6. The molecule has 166 valence electrons. The molecule has 0 bridgehead atoms. The Bertz CT molecular complexity index is 997. The molecule has 1 saturated carbocycles. The highest BCUT2D eigenvalue weighted by Crippen LogP contribution is 2.37. The summed E-state index contributed by atoms with van der Waals surface area (Å²) in [5.74, 6) is 1.70. The quantitative estimate of drug-likeness (QED) is 0.424. The van der Waals surface area contributed by atoms with Crippen molar-refractivity contribution in [3.05, 3.63) is 107 Å². The van der Waals surface area contributed by atoms with Crippen molar-refractivity contribution in [3.63, 3.8) is 0 Å². The zero-order valence-electron chi connectivity index (χ0n) is 19.2. The maximum absolute atomic E-state index is 10.9. The second-order valence-electron chi connectivity index (χ2n) is 10.2. The van der Waals surface area contributed by atoms with Crippen LogP contribution in [0.15, 0.2) is 107 Å². The molecule has 0 radical (unpaired) electrons. The third-order valence-corrected chi connectivity index (χ3v) is 7.81. The lowest BCUT2D eigenvalue weighted by molar-refractivity contribution is 0.204. The topological polar surface area (TPSA) is 20.2 Å². The summed E-state index contributed by atoms with van der Waals surface area (Å²) in [7, 11) is 0. The average molecular weight is 425 g/mol. The molecule has 0 aromatic carbocycles. The Morgan fingerprint density at radius 1 is 0.906 bits per heavy atom. The van der Waals surface area contributed by atoms with E-state index < -0.39 is 6.10 Å². The second kappa shape index (κ2) is 9.63. The molecule has 1 N–H and O–H groups in total. The number of aliphatic hydroxyl groups excluding tert-OH is 1. The van der Waals surface area contributed by atoms with Crippen molar-refractivity contribution < 1.29 is 5.11 Å². The second-order valence-corrected chi connectivity index (χ2v) is 10.2. The molecule has 32 heavy (non-hydrogen) atoms. The van der Waals surface area contributed by atoms with Crippen LogP contribution in [0.5, 0.6) is 0 Å².